The zero-order chi connectivity index (χ0) is 11.1. The van der Waals surface area contributed by atoms with Crippen molar-refractivity contribution in [3.8, 4) is 0 Å². The van der Waals surface area contributed by atoms with E-state index in [1.807, 2.05) is 0 Å². The Bertz CT molecular complexity index is 348. The predicted molar refractivity (Wildman–Crippen MR) is 57.0 cm³/mol. The standard InChI is InChI=1S/C10H10ClNO3/c1-14-10(13)7-15-12-6-8-2-4-9(11)5-3-8/h2-6H,7H2,1H3. The van der Waals surface area contributed by atoms with Crippen LogP contribution < -0.4 is 0 Å². The summed E-state index contributed by atoms with van der Waals surface area (Å²) in [5.41, 5.74) is 0.837. The maximum Gasteiger partial charge on any atom is 0.346 e. The van der Waals surface area contributed by atoms with Gasteiger partial charge in [-0.1, -0.05) is 28.9 Å². The van der Waals surface area contributed by atoms with Gasteiger partial charge in [-0.05, 0) is 17.7 Å². The monoisotopic (exact) mass is 227 g/mol. The number of carbonyl (C=O) groups is 1. The molecule has 0 aliphatic carbocycles. The van der Waals surface area contributed by atoms with Gasteiger partial charge in [-0.3, -0.25) is 0 Å². The smallest absolute Gasteiger partial charge is 0.346 e. The van der Waals surface area contributed by atoms with Crippen LogP contribution in [-0.4, -0.2) is 25.9 Å². The molecular formula is C10H10ClNO3. The van der Waals surface area contributed by atoms with Crippen molar-refractivity contribution in [3.63, 3.8) is 0 Å². The minimum absolute atomic E-state index is 0.194. The van der Waals surface area contributed by atoms with Crippen LogP contribution in [0, 0.1) is 0 Å². The topological polar surface area (TPSA) is 47.9 Å². The lowest BCUT2D eigenvalue weighted by molar-refractivity contribution is -0.145. The van der Waals surface area contributed by atoms with Gasteiger partial charge in [0, 0.05) is 5.02 Å². The quantitative estimate of drug-likeness (QED) is 0.448. The van der Waals surface area contributed by atoms with Crippen LogP contribution in [0.25, 0.3) is 0 Å². The highest BCUT2D eigenvalue weighted by molar-refractivity contribution is 6.30. The molecule has 0 unspecified atom stereocenters. The summed E-state index contributed by atoms with van der Waals surface area (Å²) >= 11 is 5.70. The Morgan fingerprint density at radius 3 is 2.73 bits per heavy atom. The Morgan fingerprint density at radius 2 is 2.13 bits per heavy atom. The van der Waals surface area contributed by atoms with Gasteiger partial charge >= 0.3 is 5.97 Å². The lowest BCUT2D eigenvalue weighted by Gasteiger charge is -1.96. The first kappa shape index (κ1) is 11.5. The number of methoxy groups -OCH3 is 1. The minimum atomic E-state index is -0.469. The van der Waals surface area contributed by atoms with Crippen LogP contribution in [0.1, 0.15) is 5.56 Å². The molecule has 0 radical (unpaired) electrons. The molecule has 0 amide bonds. The molecular weight excluding hydrogens is 218 g/mol. The lowest BCUT2D eigenvalue weighted by atomic mass is 10.2. The highest BCUT2D eigenvalue weighted by Gasteiger charge is 1.97. The second-order valence-corrected chi connectivity index (χ2v) is 3.07. The molecule has 4 nitrogen and oxygen atoms in total. The van der Waals surface area contributed by atoms with Crippen molar-refractivity contribution in [2.45, 2.75) is 0 Å². The predicted octanol–water partition coefficient (Wildman–Crippen LogP) is 1.86. The zero-order valence-corrected chi connectivity index (χ0v) is 8.90. The van der Waals surface area contributed by atoms with Gasteiger partial charge in [0.1, 0.15) is 0 Å². The maximum atomic E-state index is 10.6. The fraction of sp³-hybridized carbons (Fsp3) is 0.200. The van der Waals surface area contributed by atoms with Crippen molar-refractivity contribution in [1.82, 2.24) is 0 Å². The van der Waals surface area contributed by atoms with Crippen molar-refractivity contribution < 1.29 is 14.4 Å². The van der Waals surface area contributed by atoms with Gasteiger partial charge in [0.15, 0.2) is 0 Å². The number of hydrogen-bond donors (Lipinski definition) is 0. The SMILES string of the molecule is COC(=O)CON=Cc1ccc(Cl)cc1. The number of ether oxygens (including phenoxy) is 1. The fourth-order valence-corrected chi connectivity index (χ4v) is 0.922. The largest absolute Gasteiger partial charge is 0.466 e. The molecule has 0 aromatic heterocycles. The number of rotatable bonds is 4. The van der Waals surface area contributed by atoms with Crippen LogP contribution >= 0.6 is 11.6 Å². The van der Waals surface area contributed by atoms with Gasteiger partial charge in [-0.15, -0.1) is 0 Å². The van der Waals surface area contributed by atoms with E-state index in [-0.39, 0.29) is 6.61 Å². The number of carbonyl (C=O) groups excluding carboxylic acids is 1. The Balaban J connectivity index is 2.38. The number of oxime groups is 1. The van der Waals surface area contributed by atoms with Crippen LogP contribution in [0.3, 0.4) is 0 Å². The molecule has 0 atom stereocenters. The summed E-state index contributed by atoms with van der Waals surface area (Å²) in [5, 5.41) is 4.25. The zero-order valence-electron chi connectivity index (χ0n) is 8.14. The average Bonchev–Trinajstić information content (AvgIpc) is 2.26. The molecule has 1 aromatic rings. The van der Waals surface area contributed by atoms with Crippen LogP contribution in [0.5, 0.6) is 0 Å². The Kier molecular flexibility index (Phi) is 4.63. The number of nitrogens with zero attached hydrogens (tertiary/aromatic N) is 1. The normalized spacial score (nSPS) is 10.3. The van der Waals surface area contributed by atoms with Crippen LogP contribution in [0.15, 0.2) is 29.4 Å². The molecule has 5 heteroatoms. The molecule has 15 heavy (non-hydrogen) atoms. The van der Waals surface area contributed by atoms with E-state index in [1.54, 1.807) is 24.3 Å². The van der Waals surface area contributed by atoms with Crippen LogP contribution in [0.2, 0.25) is 5.02 Å². The first-order valence-corrected chi connectivity index (χ1v) is 4.58. The van der Waals surface area contributed by atoms with Gasteiger partial charge in [0.2, 0.25) is 6.61 Å². The summed E-state index contributed by atoms with van der Waals surface area (Å²) < 4.78 is 4.36. The van der Waals surface area contributed by atoms with Crippen LogP contribution in [0.4, 0.5) is 0 Å². The molecule has 0 aliphatic rings. The van der Waals surface area contributed by atoms with E-state index in [1.165, 1.54) is 13.3 Å². The van der Waals surface area contributed by atoms with Crippen molar-refractivity contribution >= 4 is 23.8 Å². The van der Waals surface area contributed by atoms with Crippen molar-refractivity contribution in [1.29, 1.82) is 0 Å². The summed E-state index contributed by atoms with van der Waals surface area (Å²) in [6.45, 7) is -0.194. The summed E-state index contributed by atoms with van der Waals surface area (Å²) in [4.78, 5) is 15.3. The van der Waals surface area contributed by atoms with Crippen molar-refractivity contribution in [2.24, 2.45) is 5.16 Å². The summed E-state index contributed by atoms with van der Waals surface area (Å²) in [5.74, 6) is -0.469. The van der Waals surface area contributed by atoms with Crippen molar-refractivity contribution in [2.75, 3.05) is 13.7 Å². The van der Waals surface area contributed by atoms with E-state index < -0.39 is 5.97 Å². The van der Waals surface area contributed by atoms with E-state index in [9.17, 15) is 4.79 Å². The van der Waals surface area contributed by atoms with E-state index >= 15 is 0 Å². The van der Waals surface area contributed by atoms with E-state index in [0.717, 1.165) is 5.56 Å². The third kappa shape index (κ3) is 4.46. The maximum absolute atomic E-state index is 10.6. The number of esters is 1. The number of halogens is 1. The molecule has 0 saturated carbocycles. The first-order valence-electron chi connectivity index (χ1n) is 4.20. The summed E-state index contributed by atoms with van der Waals surface area (Å²) in [6, 6.07) is 7.05. The molecule has 0 heterocycles. The van der Waals surface area contributed by atoms with E-state index in [4.69, 9.17) is 11.6 Å². The minimum Gasteiger partial charge on any atom is -0.466 e. The molecule has 80 valence electrons. The molecule has 0 N–H and O–H groups in total. The van der Waals surface area contributed by atoms with E-state index in [0.29, 0.717) is 5.02 Å². The van der Waals surface area contributed by atoms with Gasteiger partial charge in [0.25, 0.3) is 0 Å². The third-order valence-electron chi connectivity index (χ3n) is 1.56. The molecule has 0 saturated heterocycles. The lowest BCUT2D eigenvalue weighted by Crippen LogP contribution is -2.07. The number of benzene rings is 1. The molecule has 0 spiro atoms. The summed E-state index contributed by atoms with van der Waals surface area (Å²) in [6.07, 6.45) is 1.49. The third-order valence-corrected chi connectivity index (χ3v) is 1.81. The number of hydrogen-bond acceptors (Lipinski definition) is 4. The summed E-state index contributed by atoms with van der Waals surface area (Å²) in [7, 11) is 1.29. The van der Waals surface area contributed by atoms with E-state index in [2.05, 4.69) is 14.7 Å². The second-order valence-electron chi connectivity index (χ2n) is 2.64. The molecule has 0 bridgehead atoms. The highest BCUT2D eigenvalue weighted by Crippen LogP contribution is 2.07. The first-order chi connectivity index (χ1) is 7.22. The highest BCUT2D eigenvalue weighted by atomic mass is 35.5. The Labute approximate surface area is 92.4 Å². The Hall–Kier alpha value is -1.55. The molecule has 0 aliphatic heterocycles. The van der Waals surface area contributed by atoms with Gasteiger partial charge in [0.05, 0.1) is 13.3 Å². The van der Waals surface area contributed by atoms with Gasteiger partial charge in [-0.25, -0.2) is 4.79 Å². The van der Waals surface area contributed by atoms with Crippen LogP contribution in [-0.2, 0) is 14.4 Å². The van der Waals surface area contributed by atoms with Crippen molar-refractivity contribution in [3.05, 3.63) is 34.9 Å². The molecule has 1 rings (SSSR count). The second kappa shape index (κ2) is 6.03. The fourth-order valence-electron chi connectivity index (χ4n) is 0.796. The Morgan fingerprint density at radius 1 is 1.47 bits per heavy atom. The van der Waals surface area contributed by atoms with Gasteiger partial charge < -0.3 is 9.57 Å². The average molecular weight is 228 g/mol. The van der Waals surface area contributed by atoms with Gasteiger partial charge in [-0.2, -0.15) is 0 Å². The molecule has 0 fully saturated rings. The molecule has 1 aromatic carbocycles.